The van der Waals surface area contributed by atoms with Gasteiger partial charge in [0.15, 0.2) is 0 Å². The van der Waals surface area contributed by atoms with Crippen LogP contribution in [0.1, 0.15) is 56.6 Å². The van der Waals surface area contributed by atoms with E-state index >= 15 is 0 Å². The molecule has 2 aromatic heterocycles. The van der Waals surface area contributed by atoms with Gasteiger partial charge in [-0.15, -0.1) is 11.3 Å². The van der Waals surface area contributed by atoms with E-state index in [2.05, 4.69) is 77.4 Å². The molecular weight excluding hydrogens is 454 g/mol. The lowest BCUT2D eigenvalue weighted by atomic mass is 9.92. The lowest BCUT2D eigenvalue weighted by Gasteiger charge is -2.30. The molecule has 6 nitrogen and oxygen atoms in total. The molecule has 5 rings (SSSR count). The van der Waals surface area contributed by atoms with E-state index in [1.165, 1.54) is 6.42 Å². The van der Waals surface area contributed by atoms with Crippen molar-refractivity contribution in [2.45, 2.75) is 64.9 Å². The molecular formula is C28H31N5OS. The highest BCUT2D eigenvalue weighted by molar-refractivity contribution is 7.09. The number of anilines is 1. The number of thiazole rings is 1. The maximum absolute atomic E-state index is 10.2. The Morgan fingerprint density at radius 2 is 1.97 bits per heavy atom. The van der Waals surface area contributed by atoms with Crippen LogP contribution in [0.15, 0.2) is 54.0 Å². The molecule has 0 bridgehead atoms. The first-order valence-corrected chi connectivity index (χ1v) is 13.1. The number of nitrogens with one attached hydrogen (secondary N) is 2. The second kappa shape index (κ2) is 10.1. The van der Waals surface area contributed by atoms with Crippen LogP contribution >= 0.6 is 11.3 Å². The molecule has 35 heavy (non-hydrogen) atoms. The van der Waals surface area contributed by atoms with Crippen molar-refractivity contribution >= 4 is 27.9 Å². The quantitative estimate of drug-likeness (QED) is 0.258. The first-order valence-electron chi connectivity index (χ1n) is 12.3. The summed E-state index contributed by atoms with van der Waals surface area (Å²) in [6, 6.07) is 17.8. The number of ether oxygens (including phenoxy) is 1. The summed E-state index contributed by atoms with van der Waals surface area (Å²) in [6.07, 6.45) is 5.44. The van der Waals surface area contributed by atoms with E-state index < -0.39 is 0 Å². The van der Waals surface area contributed by atoms with Gasteiger partial charge in [-0.25, -0.2) is 4.98 Å². The zero-order valence-corrected chi connectivity index (χ0v) is 21.2. The van der Waals surface area contributed by atoms with Crippen LogP contribution in [0, 0.1) is 11.3 Å². The van der Waals surface area contributed by atoms with Crippen molar-refractivity contribution in [1.29, 1.82) is 5.26 Å². The standard InChI is InChI=1S/C28H31N5OS/c1-18(2)31-19(3)32-21-9-7-20(8-10-21)28-25(16-29)24-12-11-23(34-17-27-30-13-14-35-27)15-26(24)33(28)22-5-4-6-22/h7-15,18-19,22,31-32H,4-6,17H2,1-3H3. The number of nitriles is 1. The third-order valence-electron chi connectivity index (χ3n) is 6.50. The summed E-state index contributed by atoms with van der Waals surface area (Å²) in [5, 5.41) is 21.0. The maximum atomic E-state index is 10.2. The van der Waals surface area contributed by atoms with Crippen molar-refractivity contribution in [3.63, 3.8) is 0 Å². The van der Waals surface area contributed by atoms with Gasteiger partial charge < -0.3 is 14.6 Å². The number of aromatic nitrogens is 2. The Kier molecular flexibility index (Phi) is 6.76. The largest absolute Gasteiger partial charge is 0.486 e. The Labute approximate surface area is 210 Å². The molecule has 1 atom stereocenters. The summed E-state index contributed by atoms with van der Waals surface area (Å²) in [4.78, 5) is 4.31. The molecule has 2 heterocycles. The van der Waals surface area contributed by atoms with Gasteiger partial charge in [-0.05, 0) is 69.9 Å². The Morgan fingerprint density at radius 3 is 2.60 bits per heavy atom. The lowest BCUT2D eigenvalue weighted by Crippen LogP contribution is -2.37. The van der Waals surface area contributed by atoms with Gasteiger partial charge in [0.1, 0.15) is 23.4 Å². The molecule has 1 aliphatic carbocycles. The van der Waals surface area contributed by atoms with E-state index in [4.69, 9.17) is 4.74 Å². The van der Waals surface area contributed by atoms with Gasteiger partial charge in [0.25, 0.3) is 0 Å². The second-order valence-corrected chi connectivity index (χ2v) is 10.4. The topological polar surface area (TPSA) is 74.9 Å². The molecule has 4 aromatic rings. The molecule has 1 saturated carbocycles. The Hall–Kier alpha value is -3.34. The number of hydrogen-bond acceptors (Lipinski definition) is 6. The number of rotatable bonds is 9. The summed E-state index contributed by atoms with van der Waals surface area (Å²) in [7, 11) is 0. The van der Waals surface area contributed by atoms with Crippen molar-refractivity contribution in [2.24, 2.45) is 0 Å². The van der Waals surface area contributed by atoms with E-state index in [0.717, 1.165) is 57.0 Å². The summed E-state index contributed by atoms with van der Waals surface area (Å²) >= 11 is 1.59. The van der Waals surface area contributed by atoms with Crippen LogP contribution in [0.25, 0.3) is 22.2 Å². The first kappa shape index (κ1) is 23.4. The van der Waals surface area contributed by atoms with Gasteiger partial charge >= 0.3 is 0 Å². The summed E-state index contributed by atoms with van der Waals surface area (Å²) in [5.41, 5.74) is 4.91. The van der Waals surface area contributed by atoms with Crippen LogP contribution in [-0.4, -0.2) is 21.8 Å². The van der Waals surface area contributed by atoms with Crippen molar-refractivity contribution in [1.82, 2.24) is 14.9 Å². The molecule has 2 N–H and O–H groups in total. The molecule has 0 aliphatic heterocycles. The normalized spacial score (nSPS) is 14.6. The summed E-state index contributed by atoms with van der Waals surface area (Å²) < 4.78 is 8.42. The van der Waals surface area contributed by atoms with E-state index in [1.807, 2.05) is 17.5 Å². The predicted molar refractivity (Wildman–Crippen MR) is 143 cm³/mol. The second-order valence-electron chi connectivity index (χ2n) is 9.45. The highest BCUT2D eigenvalue weighted by Crippen LogP contribution is 2.43. The predicted octanol–water partition coefficient (Wildman–Crippen LogP) is 6.70. The van der Waals surface area contributed by atoms with Crippen molar-refractivity contribution in [2.75, 3.05) is 5.32 Å². The molecule has 0 amide bonds. The van der Waals surface area contributed by atoms with Crippen LogP contribution in [0.3, 0.4) is 0 Å². The first-order chi connectivity index (χ1) is 17.0. The smallest absolute Gasteiger partial charge is 0.140 e. The highest BCUT2D eigenvalue weighted by atomic mass is 32.1. The minimum absolute atomic E-state index is 0.166. The number of nitrogens with zero attached hydrogens (tertiary/aromatic N) is 3. The SMILES string of the molecule is CC(C)NC(C)Nc1ccc(-c2c(C#N)c3ccc(OCc4nccs4)cc3n2C2CCC2)cc1. The maximum Gasteiger partial charge on any atom is 0.140 e. The van der Waals surface area contributed by atoms with Gasteiger partial charge in [0, 0.05) is 40.8 Å². The molecule has 2 aromatic carbocycles. The molecule has 7 heteroatoms. The van der Waals surface area contributed by atoms with E-state index in [9.17, 15) is 5.26 Å². The molecule has 1 fully saturated rings. The molecule has 1 aliphatic rings. The summed E-state index contributed by atoms with van der Waals surface area (Å²) in [5.74, 6) is 0.799. The van der Waals surface area contributed by atoms with Gasteiger partial charge in [0.05, 0.1) is 22.9 Å². The number of benzene rings is 2. The highest BCUT2D eigenvalue weighted by Gasteiger charge is 2.28. The monoisotopic (exact) mass is 485 g/mol. The molecule has 0 spiro atoms. The van der Waals surface area contributed by atoms with Crippen LogP contribution < -0.4 is 15.4 Å². The van der Waals surface area contributed by atoms with Crippen molar-refractivity contribution in [3.05, 3.63) is 64.6 Å². The lowest BCUT2D eigenvalue weighted by molar-refractivity contribution is 0.304. The minimum atomic E-state index is 0.166. The summed E-state index contributed by atoms with van der Waals surface area (Å²) in [6.45, 7) is 6.84. The van der Waals surface area contributed by atoms with Gasteiger partial charge in [-0.1, -0.05) is 12.1 Å². The van der Waals surface area contributed by atoms with Gasteiger partial charge in [-0.3, -0.25) is 5.32 Å². The fourth-order valence-electron chi connectivity index (χ4n) is 4.79. The zero-order chi connectivity index (χ0) is 24.4. The molecule has 0 saturated heterocycles. The zero-order valence-electron chi connectivity index (χ0n) is 20.4. The van der Waals surface area contributed by atoms with Crippen LogP contribution in [0.2, 0.25) is 0 Å². The Morgan fingerprint density at radius 1 is 1.17 bits per heavy atom. The average Bonchev–Trinajstić information content (AvgIpc) is 3.43. The van der Waals surface area contributed by atoms with E-state index in [1.54, 1.807) is 17.5 Å². The third kappa shape index (κ3) is 4.90. The number of fused-ring (bicyclic) bond motifs is 1. The number of hydrogen-bond donors (Lipinski definition) is 2. The van der Waals surface area contributed by atoms with Gasteiger partial charge in [-0.2, -0.15) is 5.26 Å². The minimum Gasteiger partial charge on any atom is -0.486 e. The molecule has 180 valence electrons. The van der Waals surface area contributed by atoms with E-state index in [0.29, 0.717) is 18.7 Å². The Bertz CT molecular complexity index is 1330. The van der Waals surface area contributed by atoms with Gasteiger partial charge in [0.2, 0.25) is 0 Å². The third-order valence-corrected chi connectivity index (χ3v) is 7.25. The molecule has 1 unspecified atom stereocenters. The molecule has 0 radical (unpaired) electrons. The van der Waals surface area contributed by atoms with Crippen molar-refractivity contribution < 1.29 is 4.74 Å². The Balaban J connectivity index is 1.51. The fraction of sp³-hybridized carbons (Fsp3) is 0.357. The van der Waals surface area contributed by atoms with Crippen LogP contribution in [0.5, 0.6) is 5.75 Å². The van der Waals surface area contributed by atoms with Crippen molar-refractivity contribution in [3.8, 4) is 23.1 Å². The fourth-order valence-corrected chi connectivity index (χ4v) is 5.31. The average molecular weight is 486 g/mol. The van der Waals surface area contributed by atoms with E-state index in [-0.39, 0.29) is 6.17 Å². The van der Waals surface area contributed by atoms with Crippen LogP contribution in [0.4, 0.5) is 5.69 Å². The van der Waals surface area contributed by atoms with Crippen LogP contribution in [-0.2, 0) is 6.61 Å².